The second kappa shape index (κ2) is 9.23. The number of carbonyl (C=O) groups excluding carboxylic acids is 1. The summed E-state index contributed by atoms with van der Waals surface area (Å²) in [6, 6.07) is 17.6. The molecule has 2 aromatic carbocycles. The lowest BCUT2D eigenvalue weighted by atomic mass is 10.2. The van der Waals surface area contributed by atoms with Gasteiger partial charge >= 0.3 is 0 Å². The number of amides is 1. The van der Waals surface area contributed by atoms with Gasteiger partial charge in [0.25, 0.3) is 5.91 Å². The molecule has 0 radical (unpaired) electrons. The molecule has 3 aromatic rings. The Morgan fingerprint density at radius 1 is 1.08 bits per heavy atom. The molecule has 0 aliphatic heterocycles. The van der Waals surface area contributed by atoms with E-state index in [-0.39, 0.29) is 18.3 Å². The van der Waals surface area contributed by atoms with Crippen LogP contribution in [-0.4, -0.2) is 22.0 Å². The largest absolute Gasteiger partial charge is 0.352 e. The molecule has 1 aromatic heterocycles. The Morgan fingerprint density at radius 2 is 1.80 bits per heavy atom. The minimum atomic E-state index is -0.0161. The Bertz CT molecular complexity index is 814. The van der Waals surface area contributed by atoms with Gasteiger partial charge in [-0.25, -0.2) is 4.98 Å². The summed E-state index contributed by atoms with van der Waals surface area (Å²) < 4.78 is 2.30. The van der Waals surface area contributed by atoms with Gasteiger partial charge in [0, 0.05) is 25.1 Å². The molecule has 0 aliphatic carbocycles. The Balaban J connectivity index is 0.00000225. The van der Waals surface area contributed by atoms with Crippen molar-refractivity contribution in [3.8, 4) is 0 Å². The molecule has 5 heteroatoms. The van der Waals surface area contributed by atoms with Crippen molar-refractivity contribution in [1.82, 2.24) is 14.9 Å². The highest BCUT2D eigenvalue weighted by molar-refractivity contribution is 5.94. The number of hydrogen-bond acceptors (Lipinski definition) is 2. The third kappa shape index (κ3) is 4.60. The number of nitrogens with zero attached hydrogens (tertiary/aromatic N) is 2. The summed E-state index contributed by atoms with van der Waals surface area (Å²) in [6.45, 7) is 3.81. The van der Waals surface area contributed by atoms with Gasteiger partial charge in [-0.15, -0.1) is 12.4 Å². The third-order valence-electron chi connectivity index (χ3n) is 4.08. The van der Waals surface area contributed by atoms with Crippen LogP contribution in [0.5, 0.6) is 0 Å². The topological polar surface area (TPSA) is 46.9 Å². The summed E-state index contributed by atoms with van der Waals surface area (Å²) >= 11 is 0. The smallest absolute Gasteiger partial charge is 0.251 e. The Hall–Kier alpha value is -2.33. The summed E-state index contributed by atoms with van der Waals surface area (Å²) in [5, 5.41) is 2.98. The monoisotopic (exact) mass is 357 g/mol. The van der Waals surface area contributed by atoms with Crippen molar-refractivity contribution in [2.24, 2.45) is 0 Å². The quantitative estimate of drug-likeness (QED) is 0.643. The van der Waals surface area contributed by atoms with E-state index in [1.807, 2.05) is 36.4 Å². The number of fused-ring (bicyclic) bond motifs is 1. The first-order valence-electron chi connectivity index (χ1n) is 8.57. The summed E-state index contributed by atoms with van der Waals surface area (Å²) in [7, 11) is 0. The number of hydrogen-bond donors (Lipinski definition) is 1. The molecular formula is C20H24ClN3O. The van der Waals surface area contributed by atoms with Crippen LogP contribution in [-0.2, 0) is 13.0 Å². The minimum absolute atomic E-state index is 0. The molecule has 1 heterocycles. The first-order chi connectivity index (χ1) is 11.8. The summed E-state index contributed by atoms with van der Waals surface area (Å²) in [6.07, 6.45) is 2.83. The number of aryl methyl sites for hydroxylation is 2. The lowest BCUT2D eigenvalue weighted by Crippen LogP contribution is -2.24. The van der Waals surface area contributed by atoms with Crippen LogP contribution in [0, 0.1) is 0 Å². The maximum absolute atomic E-state index is 12.0. The van der Waals surface area contributed by atoms with Crippen molar-refractivity contribution >= 4 is 29.3 Å². The van der Waals surface area contributed by atoms with E-state index >= 15 is 0 Å². The van der Waals surface area contributed by atoms with Gasteiger partial charge in [0.2, 0.25) is 0 Å². The zero-order chi connectivity index (χ0) is 16.8. The van der Waals surface area contributed by atoms with Crippen LogP contribution < -0.4 is 5.32 Å². The van der Waals surface area contributed by atoms with Gasteiger partial charge in [-0.3, -0.25) is 4.79 Å². The number of carbonyl (C=O) groups is 1. The SMILES string of the molecule is CCCn1c(CCCNC(=O)c2ccccc2)nc2ccccc21.Cl. The Morgan fingerprint density at radius 3 is 2.56 bits per heavy atom. The lowest BCUT2D eigenvalue weighted by molar-refractivity contribution is 0.0953. The fourth-order valence-corrected chi connectivity index (χ4v) is 2.93. The predicted octanol–water partition coefficient (Wildman–Crippen LogP) is 4.23. The summed E-state index contributed by atoms with van der Waals surface area (Å²) in [4.78, 5) is 16.8. The maximum atomic E-state index is 12.0. The second-order valence-corrected chi connectivity index (χ2v) is 5.89. The standard InChI is InChI=1S/C20H23N3O.ClH/c1-2-15-23-18-12-7-6-11-17(18)22-19(23)13-8-14-21-20(24)16-9-4-3-5-10-16;/h3-7,9-12H,2,8,13-15H2,1H3,(H,21,24);1H. The first kappa shape index (κ1) is 19.0. The van der Waals surface area contributed by atoms with E-state index in [2.05, 4.69) is 35.0 Å². The van der Waals surface area contributed by atoms with Crippen molar-refractivity contribution in [2.75, 3.05) is 6.54 Å². The molecule has 0 spiro atoms. The number of nitrogens with one attached hydrogen (secondary N) is 1. The van der Waals surface area contributed by atoms with Crippen LogP contribution in [0.3, 0.4) is 0 Å². The van der Waals surface area contributed by atoms with E-state index < -0.39 is 0 Å². The molecule has 1 N–H and O–H groups in total. The molecule has 0 aliphatic rings. The minimum Gasteiger partial charge on any atom is -0.352 e. The van der Waals surface area contributed by atoms with E-state index in [0.717, 1.165) is 37.1 Å². The molecule has 1 amide bonds. The molecule has 4 nitrogen and oxygen atoms in total. The van der Waals surface area contributed by atoms with Crippen LogP contribution in [0.4, 0.5) is 0 Å². The number of para-hydroxylation sites is 2. The van der Waals surface area contributed by atoms with Gasteiger partial charge in [0.05, 0.1) is 11.0 Å². The second-order valence-electron chi connectivity index (χ2n) is 5.89. The van der Waals surface area contributed by atoms with E-state index in [1.54, 1.807) is 0 Å². The summed E-state index contributed by atoms with van der Waals surface area (Å²) in [5.41, 5.74) is 2.95. The molecule has 0 saturated carbocycles. The average Bonchev–Trinajstić information content (AvgIpc) is 2.97. The van der Waals surface area contributed by atoms with Crippen molar-refractivity contribution in [3.05, 3.63) is 66.0 Å². The molecule has 25 heavy (non-hydrogen) atoms. The molecule has 0 fully saturated rings. The van der Waals surface area contributed by atoms with Crippen molar-refractivity contribution in [1.29, 1.82) is 0 Å². The number of imidazole rings is 1. The van der Waals surface area contributed by atoms with Crippen LogP contribution in [0.2, 0.25) is 0 Å². The van der Waals surface area contributed by atoms with Crippen molar-refractivity contribution in [2.45, 2.75) is 32.7 Å². The van der Waals surface area contributed by atoms with Crippen LogP contribution in [0.15, 0.2) is 54.6 Å². The van der Waals surface area contributed by atoms with Crippen molar-refractivity contribution < 1.29 is 4.79 Å². The number of rotatable bonds is 7. The zero-order valence-electron chi connectivity index (χ0n) is 14.4. The normalized spacial score (nSPS) is 10.4. The Kier molecular flexibility index (Phi) is 7.02. The maximum Gasteiger partial charge on any atom is 0.251 e. The molecule has 0 atom stereocenters. The molecule has 132 valence electrons. The number of benzene rings is 2. The first-order valence-corrected chi connectivity index (χ1v) is 8.57. The summed E-state index contributed by atoms with van der Waals surface area (Å²) in [5.74, 6) is 1.09. The number of aromatic nitrogens is 2. The molecule has 0 saturated heterocycles. The van der Waals surface area contributed by atoms with E-state index in [1.165, 1.54) is 5.52 Å². The van der Waals surface area contributed by atoms with Gasteiger partial charge in [-0.1, -0.05) is 37.3 Å². The van der Waals surface area contributed by atoms with Gasteiger partial charge in [0.1, 0.15) is 5.82 Å². The molecular weight excluding hydrogens is 334 g/mol. The highest BCUT2D eigenvalue weighted by Crippen LogP contribution is 2.17. The highest BCUT2D eigenvalue weighted by Gasteiger charge is 2.10. The van der Waals surface area contributed by atoms with Crippen LogP contribution in [0.1, 0.15) is 35.9 Å². The Labute approximate surface area is 154 Å². The third-order valence-corrected chi connectivity index (χ3v) is 4.08. The van der Waals surface area contributed by atoms with E-state index in [4.69, 9.17) is 4.98 Å². The van der Waals surface area contributed by atoms with E-state index in [0.29, 0.717) is 12.1 Å². The molecule has 0 bridgehead atoms. The molecule has 3 rings (SSSR count). The van der Waals surface area contributed by atoms with Gasteiger partial charge < -0.3 is 9.88 Å². The van der Waals surface area contributed by atoms with Crippen molar-refractivity contribution in [3.63, 3.8) is 0 Å². The van der Waals surface area contributed by atoms with E-state index in [9.17, 15) is 4.79 Å². The predicted molar refractivity (Wildman–Crippen MR) is 104 cm³/mol. The zero-order valence-corrected chi connectivity index (χ0v) is 15.3. The fraction of sp³-hybridized carbons (Fsp3) is 0.300. The lowest BCUT2D eigenvalue weighted by Gasteiger charge is -2.08. The van der Waals surface area contributed by atoms with Gasteiger partial charge in [-0.2, -0.15) is 0 Å². The number of halogens is 1. The fourth-order valence-electron chi connectivity index (χ4n) is 2.93. The highest BCUT2D eigenvalue weighted by atomic mass is 35.5. The van der Waals surface area contributed by atoms with Crippen LogP contribution >= 0.6 is 12.4 Å². The molecule has 0 unspecified atom stereocenters. The van der Waals surface area contributed by atoms with Gasteiger partial charge in [-0.05, 0) is 37.1 Å². The van der Waals surface area contributed by atoms with Crippen LogP contribution in [0.25, 0.3) is 11.0 Å². The average molecular weight is 358 g/mol. The van der Waals surface area contributed by atoms with Gasteiger partial charge in [0.15, 0.2) is 0 Å².